The molecule has 0 bridgehead atoms. The molecule has 0 atom stereocenters. The van der Waals surface area contributed by atoms with Crippen LogP contribution >= 0.6 is 0 Å². The van der Waals surface area contributed by atoms with Gasteiger partial charge < -0.3 is 10.2 Å². The SMILES string of the molecule is CN(C)c1ccc(CN(CC2CCNCC2)C2CC2)cc1. The van der Waals surface area contributed by atoms with Crippen LogP contribution in [0.15, 0.2) is 24.3 Å². The van der Waals surface area contributed by atoms with E-state index in [2.05, 4.69) is 53.5 Å². The Morgan fingerprint density at radius 3 is 2.24 bits per heavy atom. The van der Waals surface area contributed by atoms with Crippen molar-refractivity contribution in [3.05, 3.63) is 29.8 Å². The highest BCUT2D eigenvalue weighted by Crippen LogP contribution is 2.30. The van der Waals surface area contributed by atoms with E-state index >= 15 is 0 Å². The largest absolute Gasteiger partial charge is 0.378 e. The van der Waals surface area contributed by atoms with Gasteiger partial charge in [-0.15, -0.1) is 0 Å². The molecule has 2 fully saturated rings. The Balaban J connectivity index is 1.59. The third-order valence-corrected chi connectivity index (χ3v) is 4.85. The Kier molecular flexibility index (Phi) is 4.81. The second-order valence-corrected chi connectivity index (χ2v) is 6.91. The summed E-state index contributed by atoms with van der Waals surface area (Å²) in [5.74, 6) is 0.896. The highest BCUT2D eigenvalue weighted by Gasteiger charge is 2.30. The summed E-state index contributed by atoms with van der Waals surface area (Å²) in [5, 5.41) is 3.48. The van der Waals surface area contributed by atoms with Gasteiger partial charge in [0.05, 0.1) is 0 Å². The van der Waals surface area contributed by atoms with Crippen molar-refractivity contribution in [1.29, 1.82) is 0 Å². The molecule has 21 heavy (non-hydrogen) atoms. The average Bonchev–Trinajstić information content (AvgIpc) is 3.33. The van der Waals surface area contributed by atoms with Crippen molar-refractivity contribution in [2.45, 2.75) is 38.3 Å². The summed E-state index contributed by atoms with van der Waals surface area (Å²) in [7, 11) is 4.20. The molecule has 116 valence electrons. The molecule has 1 aromatic rings. The number of piperidine rings is 1. The molecule has 0 spiro atoms. The van der Waals surface area contributed by atoms with Crippen LogP contribution in [-0.2, 0) is 6.54 Å². The number of hydrogen-bond donors (Lipinski definition) is 1. The van der Waals surface area contributed by atoms with E-state index < -0.39 is 0 Å². The predicted molar refractivity (Wildman–Crippen MR) is 89.8 cm³/mol. The van der Waals surface area contributed by atoms with Gasteiger partial charge in [-0.1, -0.05) is 12.1 Å². The minimum Gasteiger partial charge on any atom is -0.378 e. The average molecular weight is 287 g/mol. The van der Waals surface area contributed by atoms with Gasteiger partial charge in [-0.05, 0) is 62.4 Å². The van der Waals surface area contributed by atoms with Gasteiger partial charge in [0.25, 0.3) is 0 Å². The van der Waals surface area contributed by atoms with E-state index in [1.165, 1.54) is 56.6 Å². The zero-order valence-corrected chi connectivity index (χ0v) is 13.5. The minimum absolute atomic E-state index is 0.855. The third-order valence-electron chi connectivity index (χ3n) is 4.85. The second kappa shape index (κ2) is 6.80. The summed E-state index contributed by atoms with van der Waals surface area (Å²) in [5.41, 5.74) is 2.75. The molecular weight excluding hydrogens is 258 g/mol. The fourth-order valence-corrected chi connectivity index (χ4v) is 3.31. The Morgan fingerprint density at radius 2 is 1.67 bits per heavy atom. The Bertz CT molecular complexity index is 430. The fraction of sp³-hybridized carbons (Fsp3) is 0.667. The highest BCUT2D eigenvalue weighted by atomic mass is 15.2. The zero-order chi connectivity index (χ0) is 14.7. The molecule has 1 aliphatic heterocycles. The van der Waals surface area contributed by atoms with E-state index in [9.17, 15) is 0 Å². The molecule has 0 aromatic heterocycles. The number of nitrogens with zero attached hydrogens (tertiary/aromatic N) is 2. The number of benzene rings is 1. The Labute approximate surface area is 129 Å². The van der Waals surface area contributed by atoms with Gasteiger partial charge in [0.2, 0.25) is 0 Å². The molecule has 1 N–H and O–H groups in total. The standard InChI is InChI=1S/C18H29N3/c1-20(2)17-5-3-15(4-6-17)13-21(18-7-8-18)14-16-9-11-19-12-10-16/h3-6,16,18-19H,7-14H2,1-2H3. The summed E-state index contributed by atoms with van der Waals surface area (Å²) >= 11 is 0. The first-order chi connectivity index (χ1) is 10.2. The molecule has 2 aliphatic rings. The molecule has 3 heteroatoms. The van der Waals surface area contributed by atoms with Crippen molar-refractivity contribution in [3.8, 4) is 0 Å². The molecule has 1 saturated carbocycles. The molecule has 0 radical (unpaired) electrons. The van der Waals surface area contributed by atoms with Crippen molar-refractivity contribution in [1.82, 2.24) is 10.2 Å². The maximum absolute atomic E-state index is 3.48. The smallest absolute Gasteiger partial charge is 0.0361 e. The van der Waals surface area contributed by atoms with Crippen molar-refractivity contribution < 1.29 is 0 Å². The maximum atomic E-state index is 3.48. The van der Waals surface area contributed by atoms with Crippen LogP contribution in [0.3, 0.4) is 0 Å². The van der Waals surface area contributed by atoms with Crippen molar-refractivity contribution in [3.63, 3.8) is 0 Å². The molecular formula is C18H29N3. The van der Waals surface area contributed by atoms with Crippen LogP contribution in [0.4, 0.5) is 5.69 Å². The lowest BCUT2D eigenvalue weighted by atomic mass is 9.97. The quantitative estimate of drug-likeness (QED) is 0.868. The summed E-state index contributed by atoms with van der Waals surface area (Å²) in [6.07, 6.45) is 5.51. The topological polar surface area (TPSA) is 18.5 Å². The van der Waals surface area contributed by atoms with E-state index in [0.717, 1.165) is 18.5 Å². The van der Waals surface area contributed by atoms with Crippen molar-refractivity contribution in [2.24, 2.45) is 5.92 Å². The Morgan fingerprint density at radius 1 is 1.00 bits per heavy atom. The lowest BCUT2D eigenvalue weighted by molar-refractivity contribution is 0.190. The second-order valence-electron chi connectivity index (χ2n) is 6.91. The number of hydrogen-bond acceptors (Lipinski definition) is 3. The normalized spacial score (nSPS) is 20.0. The highest BCUT2D eigenvalue weighted by molar-refractivity contribution is 5.45. The molecule has 3 rings (SSSR count). The fourth-order valence-electron chi connectivity index (χ4n) is 3.31. The van der Waals surface area contributed by atoms with Gasteiger partial charge in [-0.3, -0.25) is 4.90 Å². The third kappa shape index (κ3) is 4.21. The zero-order valence-electron chi connectivity index (χ0n) is 13.5. The lowest BCUT2D eigenvalue weighted by Crippen LogP contribution is -2.37. The van der Waals surface area contributed by atoms with Crippen molar-refractivity contribution >= 4 is 5.69 Å². The van der Waals surface area contributed by atoms with Gasteiger partial charge in [0.1, 0.15) is 0 Å². The van der Waals surface area contributed by atoms with Gasteiger partial charge in [0, 0.05) is 38.9 Å². The van der Waals surface area contributed by atoms with Crippen LogP contribution in [0.5, 0.6) is 0 Å². The van der Waals surface area contributed by atoms with Crippen LogP contribution in [0.1, 0.15) is 31.2 Å². The van der Waals surface area contributed by atoms with Crippen LogP contribution in [0.2, 0.25) is 0 Å². The first-order valence-corrected chi connectivity index (χ1v) is 8.43. The molecule has 3 nitrogen and oxygen atoms in total. The molecule has 1 aliphatic carbocycles. The van der Waals surface area contributed by atoms with E-state index in [0.29, 0.717) is 0 Å². The summed E-state index contributed by atoms with van der Waals surface area (Å²) < 4.78 is 0. The molecule has 0 unspecified atom stereocenters. The van der Waals surface area contributed by atoms with E-state index in [-0.39, 0.29) is 0 Å². The van der Waals surface area contributed by atoms with E-state index in [1.807, 2.05) is 0 Å². The maximum Gasteiger partial charge on any atom is 0.0361 e. The van der Waals surface area contributed by atoms with Gasteiger partial charge >= 0.3 is 0 Å². The molecule has 0 amide bonds. The summed E-state index contributed by atoms with van der Waals surface area (Å²) in [6.45, 7) is 4.84. The lowest BCUT2D eigenvalue weighted by Gasteiger charge is -2.30. The Hall–Kier alpha value is -1.06. The molecule has 1 aromatic carbocycles. The van der Waals surface area contributed by atoms with E-state index in [1.54, 1.807) is 0 Å². The number of nitrogens with one attached hydrogen (secondary N) is 1. The number of rotatable bonds is 6. The van der Waals surface area contributed by atoms with Crippen molar-refractivity contribution in [2.75, 3.05) is 38.6 Å². The number of anilines is 1. The molecule has 1 heterocycles. The monoisotopic (exact) mass is 287 g/mol. The van der Waals surface area contributed by atoms with Crippen LogP contribution in [0.25, 0.3) is 0 Å². The van der Waals surface area contributed by atoms with Crippen LogP contribution < -0.4 is 10.2 Å². The molecule has 1 saturated heterocycles. The predicted octanol–water partition coefficient (Wildman–Crippen LogP) is 2.72. The van der Waals surface area contributed by atoms with Gasteiger partial charge in [-0.2, -0.15) is 0 Å². The first kappa shape index (κ1) is 14.9. The van der Waals surface area contributed by atoms with Crippen LogP contribution in [0, 0.1) is 5.92 Å². The van der Waals surface area contributed by atoms with E-state index in [4.69, 9.17) is 0 Å². The summed E-state index contributed by atoms with van der Waals surface area (Å²) in [6, 6.07) is 9.93. The minimum atomic E-state index is 0.855. The summed E-state index contributed by atoms with van der Waals surface area (Å²) in [4.78, 5) is 4.90. The van der Waals surface area contributed by atoms with Gasteiger partial charge in [-0.25, -0.2) is 0 Å². The van der Waals surface area contributed by atoms with Crippen LogP contribution in [-0.4, -0.2) is 44.7 Å². The first-order valence-electron chi connectivity index (χ1n) is 8.43. The van der Waals surface area contributed by atoms with Gasteiger partial charge in [0.15, 0.2) is 0 Å².